The number of carboxylic acid groups (broad SMARTS) is 1. The van der Waals surface area contributed by atoms with Gasteiger partial charge in [-0.15, -0.1) is 11.3 Å². The van der Waals surface area contributed by atoms with Crippen molar-refractivity contribution in [3.63, 3.8) is 0 Å². The van der Waals surface area contributed by atoms with Crippen LogP contribution < -0.4 is 0 Å². The monoisotopic (exact) mass is 275 g/mol. The van der Waals surface area contributed by atoms with Crippen LogP contribution in [-0.2, 0) is 4.79 Å². The SMILES string of the molecule is CCN(C(C)CC(=O)O)C(C)c1ccc(Cl)s1. The zero-order valence-corrected chi connectivity index (χ0v) is 11.9. The van der Waals surface area contributed by atoms with Crippen LogP contribution in [0.4, 0.5) is 0 Å². The number of thiophene rings is 1. The predicted octanol–water partition coefficient (Wildman–Crippen LogP) is 3.65. The zero-order chi connectivity index (χ0) is 13.0. The first-order valence-corrected chi connectivity index (χ1v) is 6.88. The summed E-state index contributed by atoms with van der Waals surface area (Å²) in [5.41, 5.74) is 0. The molecular formula is C12H18ClNO2S. The number of carboxylic acids is 1. The van der Waals surface area contributed by atoms with E-state index in [1.807, 2.05) is 26.0 Å². The molecule has 3 nitrogen and oxygen atoms in total. The number of nitrogens with zero attached hydrogens (tertiary/aromatic N) is 1. The molecule has 5 heteroatoms. The molecule has 0 fully saturated rings. The summed E-state index contributed by atoms with van der Waals surface area (Å²) in [5, 5.41) is 8.84. The van der Waals surface area contributed by atoms with Gasteiger partial charge < -0.3 is 5.11 Å². The molecule has 1 N–H and O–H groups in total. The summed E-state index contributed by atoms with van der Waals surface area (Å²) in [6.45, 7) is 6.91. The van der Waals surface area contributed by atoms with Crippen molar-refractivity contribution in [2.45, 2.75) is 39.3 Å². The summed E-state index contributed by atoms with van der Waals surface area (Å²) >= 11 is 7.47. The van der Waals surface area contributed by atoms with E-state index in [9.17, 15) is 4.79 Å². The average Bonchev–Trinajstić information content (AvgIpc) is 2.64. The fourth-order valence-corrected chi connectivity index (χ4v) is 3.19. The topological polar surface area (TPSA) is 40.5 Å². The second-order valence-electron chi connectivity index (χ2n) is 4.10. The van der Waals surface area contributed by atoms with Crippen molar-refractivity contribution in [3.05, 3.63) is 21.3 Å². The highest BCUT2D eigenvalue weighted by atomic mass is 35.5. The molecule has 17 heavy (non-hydrogen) atoms. The Labute approximate surface area is 111 Å². The lowest BCUT2D eigenvalue weighted by atomic mass is 10.1. The van der Waals surface area contributed by atoms with E-state index >= 15 is 0 Å². The minimum absolute atomic E-state index is 0.0216. The van der Waals surface area contributed by atoms with Gasteiger partial charge in [-0.3, -0.25) is 9.69 Å². The van der Waals surface area contributed by atoms with Gasteiger partial charge in [-0.05, 0) is 32.5 Å². The van der Waals surface area contributed by atoms with Gasteiger partial charge in [0.1, 0.15) is 0 Å². The van der Waals surface area contributed by atoms with E-state index in [2.05, 4.69) is 11.8 Å². The third-order valence-electron chi connectivity index (χ3n) is 2.90. The molecule has 0 amide bonds. The molecule has 1 heterocycles. The second kappa shape index (κ2) is 6.38. The van der Waals surface area contributed by atoms with E-state index in [1.165, 1.54) is 4.88 Å². The number of halogens is 1. The van der Waals surface area contributed by atoms with Gasteiger partial charge in [0.2, 0.25) is 0 Å². The van der Waals surface area contributed by atoms with Gasteiger partial charge >= 0.3 is 5.97 Å². The molecule has 0 saturated heterocycles. The molecule has 0 spiro atoms. The molecule has 0 aliphatic rings. The first-order valence-electron chi connectivity index (χ1n) is 5.68. The predicted molar refractivity (Wildman–Crippen MR) is 71.8 cm³/mol. The van der Waals surface area contributed by atoms with E-state index < -0.39 is 5.97 Å². The Morgan fingerprint density at radius 1 is 1.53 bits per heavy atom. The highest BCUT2D eigenvalue weighted by Gasteiger charge is 2.22. The highest BCUT2D eigenvalue weighted by Crippen LogP contribution is 2.31. The number of hydrogen-bond acceptors (Lipinski definition) is 3. The minimum atomic E-state index is -0.757. The lowest BCUT2D eigenvalue weighted by molar-refractivity contribution is -0.138. The molecule has 0 bridgehead atoms. The van der Waals surface area contributed by atoms with E-state index in [-0.39, 0.29) is 18.5 Å². The summed E-state index contributed by atoms with van der Waals surface area (Å²) in [6.07, 6.45) is 0.164. The Hall–Kier alpha value is -0.580. The Morgan fingerprint density at radius 2 is 2.18 bits per heavy atom. The van der Waals surface area contributed by atoms with Gasteiger partial charge in [0.25, 0.3) is 0 Å². The van der Waals surface area contributed by atoms with Gasteiger partial charge in [-0.2, -0.15) is 0 Å². The van der Waals surface area contributed by atoms with Crippen LogP contribution in [-0.4, -0.2) is 28.6 Å². The Bertz CT molecular complexity index is 380. The summed E-state index contributed by atoms with van der Waals surface area (Å²) in [4.78, 5) is 14.1. The largest absolute Gasteiger partial charge is 0.481 e. The normalized spacial score (nSPS) is 14.9. The third-order valence-corrected chi connectivity index (χ3v) is 4.31. The van der Waals surface area contributed by atoms with Crippen LogP contribution >= 0.6 is 22.9 Å². The molecule has 0 aliphatic carbocycles. The third kappa shape index (κ3) is 3.98. The molecule has 0 radical (unpaired) electrons. The first kappa shape index (κ1) is 14.5. The molecule has 1 aromatic rings. The molecule has 0 aliphatic heterocycles. The van der Waals surface area contributed by atoms with E-state index in [0.29, 0.717) is 0 Å². The van der Waals surface area contributed by atoms with Crippen molar-refractivity contribution in [1.82, 2.24) is 4.90 Å². The highest BCUT2D eigenvalue weighted by molar-refractivity contribution is 7.16. The van der Waals surface area contributed by atoms with Gasteiger partial charge in [0.15, 0.2) is 0 Å². The summed E-state index contributed by atoms with van der Waals surface area (Å²) < 4.78 is 0.772. The number of hydrogen-bond donors (Lipinski definition) is 1. The minimum Gasteiger partial charge on any atom is -0.481 e. The maximum absolute atomic E-state index is 10.7. The van der Waals surface area contributed by atoms with Crippen molar-refractivity contribution >= 4 is 28.9 Å². The Balaban J connectivity index is 2.76. The molecule has 96 valence electrons. The van der Waals surface area contributed by atoms with Crippen LogP contribution in [0.3, 0.4) is 0 Å². The van der Waals surface area contributed by atoms with Crippen LogP contribution in [0.15, 0.2) is 12.1 Å². The van der Waals surface area contributed by atoms with Crippen LogP contribution in [0.5, 0.6) is 0 Å². The second-order valence-corrected chi connectivity index (χ2v) is 5.84. The lowest BCUT2D eigenvalue weighted by Crippen LogP contribution is -2.36. The smallest absolute Gasteiger partial charge is 0.304 e. The number of carbonyl (C=O) groups is 1. The summed E-state index contributed by atoms with van der Waals surface area (Å²) in [6, 6.07) is 4.11. The fourth-order valence-electron chi connectivity index (χ4n) is 2.05. The van der Waals surface area contributed by atoms with Gasteiger partial charge in [0.05, 0.1) is 10.8 Å². The molecule has 0 saturated carbocycles. The summed E-state index contributed by atoms with van der Waals surface area (Å²) in [7, 11) is 0. The van der Waals surface area contributed by atoms with Crippen molar-refractivity contribution < 1.29 is 9.90 Å². The molecular weight excluding hydrogens is 258 g/mol. The zero-order valence-electron chi connectivity index (χ0n) is 10.3. The van der Waals surface area contributed by atoms with Crippen LogP contribution in [0.25, 0.3) is 0 Å². The standard InChI is InChI=1S/C12H18ClNO2S/c1-4-14(8(2)7-12(15)16)9(3)10-5-6-11(13)17-10/h5-6,8-9H,4,7H2,1-3H3,(H,15,16). The van der Waals surface area contributed by atoms with Crippen molar-refractivity contribution in [2.75, 3.05) is 6.54 Å². The number of aliphatic carboxylic acids is 1. The van der Waals surface area contributed by atoms with E-state index in [4.69, 9.17) is 16.7 Å². The van der Waals surface area contributed by atoms with Crippen LogP contribution in [0.1, 0.15) is 38.1 Å². The van der Waals surface area contributed by atoms with Gasteiger partial charge in [-0.1, -0.05) is 18.5 Å². The van der Waals surface area contributed by atoms with Crippen LogP contribution in [0, 0.1) is 0 Å². The van der Waals surface area contributed by atoms with Crippen molar-refractivity contribution in [2.24, 2.45) is 0 Å². The Kier molecular flexibility index (Phi) is 5.43. The average molecular weight is 276 g/mol. The van der Waals surface area contributed by atoms with E-state index in [1.54, 1.807) is 11.3 Å². The summed E-state index contributed by atoms with van der Waals surface area (Å²) in [5.74, 6) is -0.757. The van der Waals surface area contributed by atoms with Crippen molar-refractivity contribution in [3.8, 4) is 0 Å². The molecule has 0 aromatic carbocycles. The van der Waals surface area contributed by atoms with E-state index in [0.717, 1.165) is 10.9 Å². The first-order chi connectivity index (χ1) is 7.95. The maximum atomic E-state index is 10.7. The van der Waals surface area contributed by atoms with Gasteiger partial charge in [-0.25, -0.2) is 0 Å². The van der Waals surface area contributed by atoms with Gasteiger partial charge in [0, 0.05) is 17.0 Å². The number of rotatable bonds is 6. The molecule has 2 unspecified atom stereocenters. The molecule has 2 atom stereocenters. The Morgan fingerprint density at radius 3 is 2.59 bits per heavy atom. The quantitative estimate of drug-likeness (QED) is 0.862. The van der Waals surface area contributed by atoms with Crippen molar-refractivity contribution in [1.29, 1.82) is 0 Å². The maximum Gasteiger partial charge on any atom is 0.304 e. The lowest BCUT2D eigenvalue weighted by Gasteiger charge is -2.32. The van der Waals surface area contributed by atoms with Crippen LogP contribution in [0.2, 0.25) is 4.34 Å². The molecule has 1 aromatic heterocycles. The molecule has 1 rings (SSSR count). The fraction of sp³-hybridized carbons (Fsp3) is 0.583.